The normalized spacial score (nSPS) is 10.3. The summed E-state index contributed by atoms with van der Waals surface area (Å²) in [6, 6.07) is 14.4. The third-order valence-corrected chi connectivity index (χ3v) is 2.54. The predicted octanol–water partition coefficient (Wildman–Crippen LogP) is 3.73. The van der Waals surface area contributed by atoms with Gasteiger partial charge in [-0.3, -0.25) is 0 Å². The Balaban J connectivity index is 2.28. The van der Waals surface area contributed by atoms with E-state index in [1.165, 1.54) is 5.56 Å². The van der Waals surface area contributed by atoms with Crippen molar-refractivity contribution in [3.63, 3.8) is 0 Å². The van der Waals surface area contributed by atoms with Crippen molar-refractivity contribution in [1.29, 1.82) is 0 Å². The molecule has 1 heterocycles. The molecule has 0 saturated carbocycles. The molecule has 0 spiro atoms. The molecule has 0 atom stereocenters. The maximum atomic E-state index is 5.85. The fraction of sp³-hybridized carbons (Fsp3) is 0.267. The molecule has 0 amide bonds. The van der Waals surface area contributed by atoms with Gasteiger partial charge in [-0.25, -0.2) is 0 Å². The van der Waals surface area contributed by atoms with E-state index in [0.29, 0.717) is 5.92 Å². The minimum atomic E-state index is 0.541. The van der Waals surface area contributed by atoms with Gasteiger partial charge >= 0.3 is 103 Å². The van der Waals surface area contributed by atoms with Crippen LogP contribution in [0.1, 0.15) is 13.8 Å². The van der Waals surface area contributed by atoms with Gasteiger partial charge < -0.3 is 0 Å². The molecule has 0 aliphatic rings. The molecule has 0 bridgehead atoms. The van der Waals surface area contributed by atoms with Crippen molar-refractivity contribution in [2.24, 2.45) is 5.92 Å². The number of benzene rings is 1. The van der Waals surface area contributed by atoms with Crippen molar-refractivity contribution in [2.75, 3.05) is 6.61 Å². The van der Waals surface area contributed by atoms with Gasteiger partial charge in [0.2, 0.25) is 0 Å². The zero-order chi connectivity index (χ0) is 12.1. The van der Waals surface area contributed by atoms with E-state index < -0.39 is 0 Å². The second-order valence-electron chi connectivity index (χ2n) is 4.57. The van der Waals surface area contributed by atoms with E-state index in [-0.39, 0.29) is 0 Å². The second kappa shape index (κ2) is 5.67. The third-order valence-electron chi connectivity index (χ3n) is 2.54. The summed E-state index contributed by atoms with van der Waals surface area (Å²) >= 11 is 0. The molecule has 0 N–H and O–H groups in total. The molecule has 0 saturated heterocycles. The standard InChI is InChI=1S/C15H17BO/c1-12(2)11-17-14-9-6-10-16-15(14)13-7-4-3-5-8-13/h3-10,12H,11H2,1-2H3. The Bertz CT molecular complexity index is 465. The van der Waals surface area contributed by atoms with Crippen LogP contribution >= 0.6 is 0 Å². The minimum absolute atomic E-state index is 0.541. The van der Waals surface area contributed by atoms with Crippen LogP contribution in [0.5, 0.6) is 5.75 Å². The maximum absolute atomic E-state index is 5.85. The zero-order valence-electron chi connectivity index (χ0n) is 10.4. The van der Waals surface area contributed by atoms with Crippen molar-refractivity contribution >= 4 is 6.91 Å². The summed E-state index contributed by atoms with van der Waals surface area (Å²) < 4.78 is 5.85. The molecule has 0 aliphatic carbocycles. The Morgan fingerprint density at radius 3 is 2.53 bits per heavy atom. The summed E-state index contributed by atoms with van der Waals surface area (Å²) in [6.07, 6.45) is 0. The van der Waals surface area contributed by atoms with Crippen LogP contribution in [0.3, 0.4) is 0 Å². The molecule has 2 rings (SSSR count). The van der Waals surface area contributed by atoms with Crippen LogP contribution in [0, 0.1) is 5.92 Å². The molecule has 0 unspecified atom stereocenters. The van der Waals surface area contributed by atoms with Crippen molar-refractivity contribution < 1.29 is 4.74 Å². The molecule has 0 radical (unpaired) electrons. The molecule has 1 nitrogen and oxygen atoms in total. The van der Waals surface area contributed by atoms with Crippen LogP contribution in [-0.4, -0.2) is 13.5 Å². The molecule has 17 heavy (non-hydrogen) atoms. The van der Waals surface area contributed by atoms with E-state index in [4.69, 9.17) is 4.74 Å². The molecular weight excluding hydrogens is 207 g/mol. The van der Waals surface area contributed by atoms with Crippen LogP contribution < -0.4 is 4.74 Å². The van der Waals surface area contributed by atoms with Gasteiger partial charge in [-0.05, 0) is 0 Å². The average Bonchev–Trinajstić information content (AvgIpc) is 2.38. The number of hydrogen-bond donors (Lipinski definition) is 0. The van der Waals surface area contributed by atoms with Crippen molar-refractivity contribution in [3.05, 3.63) is 48.4 Å². The fourth-order valence-corrected chi connectivity index (χ4v) is 1.71. The van der Waals surface area contributed by atoms with Gasteiger partial charge in [0.25, 0.3) is 0 Å². The Labute approximate surface area is 104 Å². The molecule has 0 aliphatic heterocycles. The zero-order valence-corrected chi connectivity index (χ0v) is 10.4. The van der Waals surface area contributed by atoms with Gasteiger partial charge in [0.15, 0.2) is 0 Å². The number of rotatable bonds is 4. The van der Waals surface area contributed by atoms with Crippen LogP contribution in [0.2, 0.25) is 0 Å². The molecule has 2 aromatic rings. The van der Waals surface area contributed by atoms with Gasteiger partial charge in [0.1, 0.15) is 0 Å². The van der Waals surface area contributed by atoms with Gasteiger partial charge in [-0.15, -0.1) is 0 Å². The van der Waals surface area contributed by atoms with E-state index in [0.717, 1.165) is 17.8 Å². The summed E-state index contributed by atoms with van der Waals surface area (Å²) in [7, 11) is 0. The van der Waals surface area contributed by atoms with Crippen molar-refractivity contribution in [1.82, 2.24) is 0 Å². The van der Waals surface area contributed by atoms with Crippen LogP contribution in [0.15, 0.2) is 48.4 Å². The first-order valence-corrected chi connectivity index (χ1v) is 6.04. The summed E-state index contributed by atoms with van der Waals surface area (Å²) in [5.74, 6) is 3.55. The third kappa shape index (κ3) is 3.19. The Kier molecular flexibility index (Phi) is 3.97. The summed E-state index contributed by atoms with van der Waals surface area (Å²) in [4.78, 5) is 0. The van der Waals surface area contributed by atoms with Gasteiger partial charge in [0.05, 0.1) is 0 Å². The topological polar surface area (TPSA) is 9.23 Å². The Morgan fingerprint density at radius 1 is 1.06 bits per heavy atom. The van der Waals surface area contributed by atoms with Crippen LogP contribution in [0.25, 0.3) is 11.0 Å². The summed E-state index contributed by atoms with van der Waals surface area (Å²) in [5, 5.41) is 0. The summed E-state index contributed by atoms with van der Waals surface area (Å²) in [6.45, 7) is 7.17. The number of hydrogen-bond acceptors (Lipinski definition) is 1. The first-order chi connectivity index (χ1) is 8.27. The van der Waals surface area contributed by atoms with E-state index >= 15 is 0 Å². The van der Waals surface area contributed by atoms with Gasteiger partial charge in [0, 0.05) is 0 Å². The van der Waals surface area contributed by atoms with Crippen molar-refractivity contribution in [3.8, 4) is 16.8 Å². The van der Waals surface area contributed by atoms with Gasteiger partial charge in [-0.2, -0.15) is 0 Å². The Hall–Kier alpha value is -1.57. The monoisotopic (exact) mass is 224 g/mol. The van der Waals surface area contributed by atoms with Crippen LogP contribution in [0.4, 0.5) is 0 Å². The molecule has 0 fully saturated rings. The van der Waals surface area contributed by atoms with E-state index in [9.17, 15) is 0 Å². The van der Waals surface area contributed by atoms with E-state index in [2.05, 4.69) is 45.0 Å². The number of ether oxygens (including phenoxy) is 1. The molecule has 2 heteroatoms. The quantitative estimate of drug-likeness (QED) is 0.768. The van der Waals surface area contributed by atoms with E-state index in [1.807, 2.05) is 24.2 Å². The molecule has 1 aromatic heterocycles. The first-order valence-electron chi connectivity index (χ1n) is 6.04. The predicted molar refractivity (Wildman–Crippen MR) is 73.6 cm³/mol. The van der Waals surface area contributed by atoms with E-state index in [1.54, 1.807) is 0 Å². The second-order valence-corrected chi connectivity index (χ2v) is 4.57. The molecular formula is C15H17BO. The Morgan fingerprint density at radius 2 is 1.82 bits per heavy atom. The van der Waals surface area contributed by atoms with Crippen LogP contribution in [-0.2, 0) is 0 Å². The fourth-order valence-electron chi connectivity index (χ4n) is 1.71. The SMILES string of the molecule is CC(C)COc1cccbc1-c1ccccc1. The molecule has 86 valence electrons. The van der Waals surface area contributed by atoms with Gasteiger partial charge in [-0.1, -0.05) is 0 Å². The first kappa shape index (κ1) is 11.9. The van der Waals surface area contributed by atoms with Crippen molar-refractivity contribution in [2.45, 2.75) is 13.8 Å². The molecule has 1 aromatic carbocycles. The average molecular weight is 224 g/mol. The summed E-state index contributed by atoms with van der Waals surface area (Å²) in [5.41, 5.74) is 2.36.